The molecule has 1 aliphatic heterocycles. The molecule has 1 fully saturated rings. The molecule has 4 heteroatoms. The molecule has 0 saturated heterocycles. The Balaban J connectivity index is 1.58. The quantitative estimate of drug-likeness (QED) is 0.920. The number of amides is 1. The maximum absolute atomic E-state index is 12.1. The number of benzene rings is 1. The summed E-state index contributed by atoms with van der Waals surface area (Å²) in [7, 11) is 0. The second-order valence-corrected chi connectivity index (χ2v) is 5.61. The van der Waals surface area contributed by atoms with Crippen LogP contribution in [0.3, 0.4) is 0 Å². The first-order valence-corrected chi connectivity index (χ1v) is 7.51. The Morgan fingerprint density at radius 1 is 1.10 bits per heavy atom. The van der Waals surface area contributed by atoms with Crippen molar-refractivity contribution in [3.05, 3.63) is 18.2 Å². The lowest BCUT2D eigenvalue weighted by atomic mass is 9.87. The van der Waals surface area contributed by atoms with Crippen molar-refractivity contribution in [1.82, 2.24) is 0 Å². The summed E-state index contributed by atoms with van der Waals surface area (Å²) < 4.78 is 11.0. The normalized spacial score (nSPS) is 18.6. The molecule has 3 rings (SSSR count). The minimum atomic E-state index is 0.105. The van der Waals surface area contributed by atoms with Crippen molar-refractivity contribution >= 4 is 11.6 Å². The monoisotopic (exact) mass is 275 g/mol. The van der Waals surface area contributed by atoms with E-state index in [1.807, 2.05) is 18.2 Å². The maximum atomic E-state index is 12.1. The molecule has 1 aromatic carbocycles. The Labute approximate surface area is 119 Å². The molecule has 108 valence electrons. The van der Waals surface area contributed by atoms with E-state index in [0.29, 0.717) is 31.3 Å². The van der Waals surface area contributed by atoms with E-state index in [4.69, 9.17) is 9.47 Å². The molecule has 1 saturated carbocycles. The Bertz CT molecular complexity index is 481. The van der Waals surface area contributed by atoms with Gasteiger partial charge in [0.05, 0.1) is 0 Å². The lowest BCUT2D eigenvalue weighted by molar-refractivity contribution is -0.117. The second-order valence-electron chi connectivity index (χ2n) is 5.61. The summed E-state index contributed by atoms with van der Waals surface area (Å²) in [4.78, 5) is 12.1. The van der Waals surface area contributed by atoms with Gasteiger partial charge in [0.1, 0.15) is 13.2 Å². The van der Waals surface area contributed by atoms with Gasteiger partial charge in [0, 0.05) is 18.2 Å². The molecule has 0 atom stereocenters. The number of carbonyl (C=O) groups excluding carboxylic acids is 1. The third-order valence-corrected chi connectivity index (χ3v) is 4.02. The summed E-state index contributed by atoms with van der Waals surface area (Å²) in [5, 5.41) is 2.96. The Hall–Kier alpha value is -1.71. The lowest BCUT2D eigenvalue weighted by Gasteiger charge is -2.21. The van der Waals surface area contributed by atoms with Crippen molar-refractivity contribution in [2.24, 2.45) is 5.92 Å². The molecule has 20 heavy (non-hydrogen) atoms. The van der Waals surface area contributed by atoms with Crippen LogP contribution in [0.2, 0.25) is 0 Å². The first-order valence-electron chi connectivity index (χ1n) is 7.51. The van der Waals surface area contributed by atoms with Gasteiger partial charge in [-0.05, 0) is 30.9 Å². The van der Waals surface area contributed by atoms with Crippen LogP contribution in [0.25, 0.3) is 0 Å². The van der Waals surface area contributed by atoms with Crippen molar-refractivity contribution < 1.29 is 14.3 Å². The number of hydrogen-bond donors (Lipinski definition) is 1. The number of anilines is 1. The molecule has 0 unspecified atom stereocenters. The van der Waals surface area contributed by atoms with Gasteiger partial charge < -0.3 is 14.8 Å². The highest BCUT2D eigenvalue weighted by atomic mass is 16.6. The van der Waals surface area contributed by atoms with E-state index < -0.39 is 0 Å². The highest BCUT2D eigenvalue weighted by Crippen LogP contribution is 2.33. The Kier molecular flexibility index (Phi) is 4.09. The third-order valence-electron chi connectivity index (χ3n) is 4.02. The average Bonchev–Trinajstić information content (AvgIpc) is 2.48. The highest BCUT2D eigenvalue weighted by Gasteiger charge is 2.18. The van der Waals surface area contributed by atoms with Gasteiger partial charge in [0.2, 0.25) is 5.91 Å². The molecule has 0 aromatic heterocycles. The summed E-state index contributed by atoms with van der Waals surface area (Å²) in [5.74, 6) is 2.13. The highest BCUT2D eigenvalue weighted by molar-refractivity contribution is 5.91. The average molecular weight is 275 g/mol. The first kappa shape index (κ1) is 13.3. The predicted octanol–water partition coefficient (Wildman–Crippen LogP) is 3.37. The molecule has 1 N–H and O–H groups in total. The van der Waals surface area contributed by atoms with E-state index >= 15 is 0 Å². The zero-order chi connectivity index (χ0) is 13.8. The lowest BCUT2D eigenvalue weighted by Crippen LogP contribution is -2.19. The van der Waals surface area contributed by atoms with Crippen LogP contribution in [-0.2, 0) is 4.79 Å². The molecular weight excluding hydrogens is 254 g/mol. The molecule has 1 amide bonds. The number of fused-ring (bicyclic) bond motifs is 1. The zero-order valence-electron chi connectivity index (χ0n) is 11.7. The number of rotatable bonds is 3. The summed E-state index contributed by atoms with van der Waals surface area (Å²) in [6.07, 6.45) is 6.86. The molecule has 0 radical (unpaired) electrons. The molecule has 1 heterocycles. The van der Waals surface area contributed by atoms with Crippen molar-refractivity contribution in [3.8, 4) is 11.5 Å². The molecule has 0 bridgehead atoms. The summed E-state index contributed by atoms with van der Waals surface area (Å²) in [6, 6.07) is 5.56. The van der Waals surface area contributed by atoms with Gasteiger partial charge in [-0.25, -0.2) is 0 Å². The van der Waals surface area contributed by atoms with Crippen LogP contribution in [0.4, 0.5) is 5.69 Å². The van der Waals surface area contributed by atoms with Crippen LogP contribution in [0.5, 0.6) is 11.5 Å². The first-order chi connectivity index (χ1) is 9.81. The molecular formula is C16H21NO3. The predicted molar refractivity (Wildman–Crippen MR) is 77.3 cm³/mol. The zero-order valence-corrected chi connectivity index (χ0v) is 11.7. The van der Waals surface area contributed by atoms with Gasteiger partial charge in [0.15, 0.2) is 11.5 Å². The van der Waals surface area contributed by atoms with E-state index in [2.05, 4.69) is 5.32 Å². The van der Waals surface area contributed by atoms with Crippen LogP contribution in [0, 0.1) is 5.92 Å². The van der Waals surface area contributed by atoms with E-state index in [1.54, 1.807) is 0 Å². The Morgan fingerprint density at radius 3 is 2.65 bits per heavy atom. The van der Waals surface area contributed by atoms with E-state index in [1.165, 1.54) is 32.1 Å². The van der Waals surface area contributed by atoms with Gasteiger partial charge in [-0.15, -0.1) is 0 Å². The fraction of sp³-hybridized carbons (Fsp3) is 0.562. The fourth-order valence-electron chi connectivity index (χ4n) is 2.99. The summed E-state index contributed by atoms with van der Waals surface area (Å²) in [5.41, 5.74) is 0.787. The summed E-state index contributed by atoms with van der Waals surface area (Å²) >= 11 is 0. The second kappa shape index (κ2) is 6.16. The van der Waals surface area contributed by atoms with Crippen molar-refractivity contribution in [2.75, 3.05) is 18.5 Å². The van der Waals surface area contributed by atoms with Crippen LogP contribution < -0.4 is 14.8 Å². The number of carbonyl (C=O) groups is 1. The minimum Gasteiger partial charge on any atom is -0.486 e. The third kappa shape index (κ3) is 3.24. The molecule has 4 nitrogen and oxygen atoms in total. The van der Waals surface area contributed by atoms with Gasteiger partial charge >= 0.3 is 0 Å². The van der Waals surface area contributed by atoms with Crippen molar-refractivity contribution in [1.29, 1.82) is 0 Å². The molecule has 1 aliphatic carbocycles. The van der Waals surface area contributed by atoms with Gasteiger partial charge in [-0.3, -0.25) is 4.79 Å². The van der Waals surface area contributed by atoms with Crippen molar-refractivity contribution in [3.63, 3.8) is 0 Å². The topological polar surface area (TPSA) is 47.6 Å². The SMILES string of the molecule is O=C(CC1CCCCC1)Nc1ccc2c(c1)OCCO2. The smallest absolute Gasteiger partial charge is 0.224 e. The van der Waals surface area contributed by atoms with Gasteiger partial charge in [-0.2, -0.15) is 0 Å². The minimum absolute atomic E-state index is 0.105. The molecule has 2 aliphatic rings. The maximum Gasteiger partial charge on any atom is 0.224 e. The molecule has 0 spiro atoms. The van der Waals surface area contributed by atoms with E-state index in [0.717, 1.165) is 11.4 Å². The van der Waals surface area contributed by atoms with Crippen LogP contribution in [-0.4, -0.2) is 19.1 Å². The van der Waals surface area contributed by atoms with E-state index in [-0.39, 0.29) is 5.91 Å². The summed E-state index contributed by atoms with van der Waals surface area (Å²) in [6.45, 7) is 1.15. The fourth-order valence-corrected chi connectivity index (χ4v) is 2.99. The van der Waals surface area contributed by atoms with Gasteiger partial charge in [0.25, 0.3) is 0 Å². The Morgan fingerprint density at radius 2 is 1.85 bits per heavy atom. The van der Waals surface area contributed by atoms with Crippen LogP contribution in [0.15, 0.2) is 18.2 Å². The standard InChI is InChI=1S/C16H21NO3/c18-16(10-12-4-2-1-3-5-12)17-13-6-7-14-15(11-13)20-9-8-19-14/h6-7,11-12H,1-5,8-10H2,(H,17,18). The number of ether oxygens (including phenoxy) is 2. The van der Waals surface area contributed by atoms with Crippen LogP contribution >= 0.6 is 0 Å². The number of nitrogens with one attached hydrogen (secondary N) is 1. The van der Waals surface area contributed by atoms with Gasteiger partial charge in [-0.1, -0.05) is 19.3 Å². The molecule has 1 aromatic rings. The number of hydrogen-bond acceptors (Lipinski definition) is 3. The largest absolute Gasteiger partial charge is 0.486 e. The van der Waals surface area contributed by atoms with Crippen LogP contribution in [0.1, 0.15) is 38.5 Å². The van der Waals surface area contributed by atoms with E-state index in [9.17, 15) is 4.79 Å². The van der Waals surface area contributed by atoms with Crippen molar-refractivity contribution in [2.45, 2.75) is 38.5 Å².